The van der Waals surface area contributed by atoms with Crippen molar-refractivity contribution in [3.8, 4) is 5.75 Å². The number of aromatic amines is 1. The number of ether oxygens (including phenoxy) is 1. The molecule has 3 aromatic rings. The van der Waals surface area contributed by atoms with Crippen LogP contribution in [0.25, 0.3) is 0 Å². The summed E-state index contributed by atoms with van der Waals surface area (Å²) in [6, 6.07) is 12.9. The Morgan fingerprint density at radius 1 is 1.07 bits per heavy atom. The van der Waals surface area contributed by atoms with Crippen molar-refractivity contribution in [1.82, 2.24) is 9.88 Å². The second-order valence-electron chi connectivity index (χ2n) is 12.4. The number of thioether (sulfide) groups is 1. The van der Waals surface area contributed by atoms with Gasteiger partial charge in [0.2, 0.25) is 11.8 Å². The number of hydrogen-bond acceptors (Lipinski definition) is 8. The van der Waals surface area contributed by atoms with Crippen LogP contribution in [0.5, 0.6) is 5.75 Å². The molecule has 7 rings (SSSR count). The Morgan fingerprint density at radius 3 is 2.44 bits per heavy atom. The van der Waals surface area contributed by atoms with Crippen LogP contribution in [0.1, 0.15) is 36.6 Å². The number of imide groups is 1. The summed E-state index contributed by atoms with van der Waals surface area (Å²) in [7, 11) is 0. The van der Waals surface area contributed by atoms with Crippen molar-refractivity contribution >= 4 is 64.1 Å². The number of H-pyrrole nitrogens is 1. The van der Waals surface area contributed by atoms with E-state index < -0.39 is 41.6 Å². The third kappa shape index (κ3) is 4.88. The number of halogens is 1. The molecule has 1 aromatic heterocycles. The summed E-state index contributed by atoms with van der Waals surface area (Å²) in [6.45, 7) is 3.15. The summed E-state index contributed by atoms with van der Waals surface area (Å²) in [5.74, 6) is -4.22. The lowest BCUT2D eigenvalue weighted by atomic mass is 9.68. The number of rotatable bonds is 8. The van der Waals surface area contributed by atoms with E-state index in [4.69, 9.17) is 16.3 Å². The number of carbonyl (C=O) groups excluding carboxylic acids is 3. The van der Waals surface area contributed by atoms with E-state index in [-0.39, 0.29) is 46.3 Å². The highest BCUT2D eigenvalue weighted by Gasteiger charge is 2.70. The summed E-state index contributed by atoms with van der Waals surface area (Å²) in [5.41, 5.74) is 1.38. The SMILES string of the molecule is CC(C)C(C(=O)O)N1C(=O)C2C3CC(C2C1=O)C1C3Sc2[nH]c(=O)sc2[C@@H]1c1ccccc1OCC(=O)Nc1ccc(Cl)cc1. The second kappa shape index (κ2) is 11.3. The number of hydrogen-bond donors (Lipinski definition) is 3. The van der Waals surface area contributed by atoms with Crippen molar-refractivity contribution in [1.29, 1.82) is 0 Å². The third-order valence-corrected chi connectivity index (χ3v) is 12.5. The number of para-hydroxylation sites is 1. The molecular formula is C32H30ClN3O7S2. The number of anilines is 1. The molecule has 8 atom stereocenters. The number of thiazole rings is 1. The Kier molecular flexibility index (Phi) is 7.57. The molecule has 0 spiro atoms. The van der Waals surface area contributed by atoms with Gasteiger partial charge in [0, 0.05) is 32.3 Å². The first kappa shape index (κ1) is 30.1. The van der Waals surface area contributed by atoms with Gasteiger partial charge in [-0.05, 0) is 60.4 Å². The molecule has 13 heteroatoms. The van der Waals surface area contributed by atoms with E-state index in [2.05, 4.69) is 10.3 Å². The first-order valence-electron chi connectivity index (χ1n) is 14.8. The first-order valence-corrected chi connectivity index (χ1v) is 16.9. The highest BCUT2D eigenvalue weighted by molar-refractivity contribution is 8.00. The van der Waals surface area contributed by atoms with Crippen LogP contribution < -0.4 is 14.9 Å². The molecule has 3 heterocycles. The van der Waals surface area contributed by atoms with Crippen molar-refractivity contribution in [2.45, 2.75) is 42.5 Å². The molecule has 2 aromatic carbocycles. The van der Waals surface area contributed by atoms with Crippen molar-refractivity contribution < 1.29 is 29.0 Å². The number of benzene rings is 2. The van der Waals surface area contributed by atoms with Gasteiger partial charge in [-0.25, -0.2) is 4.79 Å². The van der Waals surface area contributed by atoms with Crippen LogP contribution in [-0.4, -0.2) is 56.6 Å². The van der Waals surface area contributed by atoms with Crippen molar-refractivity contribution in [3.05, 3.63) is 73.7 Å². The van der Waals surface area contributed by atoms with E-state index >= 15 is 0 Å². The Hall–Kier alpha value is -3.61. The topological polar surface area (TPSA) is 146 Å². The molecule has 2 saturated carbocycles. The molecular weight excluding hydrogens is 638 g/mol. The Balaban J connectivity index is 1.22. The quantitative estimate of drug-likeness (QED) is 0.294. The minimum absolute atomic E-state index is 0.0701. The molecule has 3 N–H and O–H groups in total. The maximum absolute atomic E-state index is 13.9. The highest BCUT2D eigenvalue weighted by Crippen LogP contribution is 2.69. The first-order chi connectivity index (χ1) is 21.5. The van der Waals surface area contributed by atoms with Crippen LogP contribution in [0.4, 0.5) is 5.69 Å². The lowest BCUT2D eigenvalue weighted by Crippen LogP contribution is -2.49. The molecule has 0 radical (unpaired) electrons. The lowest BCUT2D eigenvalue weighted by molar-refractivity contribution is -0.157. The van der Waals surface area contributed by atoms with E-state index in [9.17, 15) is 29.1 Å². The maximum atomic E-state index is 13.9. The number of nitrogens with one attached hydrogen (secondary N) is 2. The van der Waals surface area contributed by atoms with E-state index in [1.807, 2.05) is 18.2 Å². The number of carboxylic acid groups (broad SMARTS) is 1. The molecule has 10 nitrogen and oxygen atoms in total. The van der Waals surface area contributed by atoms with Crippen LogP contribution in [-0.2, 0) is 19.2 Å². The minimum Gasteiger partial charge on any atom is -0.483 e. The number of amides is 3. The van der Waals surface area contributed by atoms with Gasteiger partial charge in [0.25, 0.3) is 5.91 Å². The van der Waals surface area contributed by atoms with E-state index in [1.165, 1.54) is 0 Å². The molecule has 3 amide bonds. The van der Waals surface area contributed by atoms with Gasteiger partial charge in [0.15, 0.2) is 6.61 Å². The molecule has 1 saturated heterocycles. The van der Waals surface area contributed by atoms with Gasteiger partial charge >= 0.3 is 10.8 Å². The zero-order chi connectivity index (χ0) is 31.7. The fourth-order valence-corrected chi connectivity index (χ4v) is 11.1. The maximum Gasteiger partial charge on any atom is 0.327 e. The minimum atomic E-state index is -1.22. The molecule has 4 aliphatic rings. The predicted octanol–water partition coefficient (Wildman–Crippen LogP) is 4.69. The molecule has 2 bridgehead atoms. The molecule has 2 aliphatic carbocycles. The number of nitrogens with zero attached hydrogens (tertiary/aromatic N) is 1. The number of carbonyl (C=O) groups is 4. The smallest absolute Gasteiger partial charge is 0.327 e. The summed E-state index contributed by atoms with van der Waals surface area (Å²) < 4.78 is 6.10. The standard InChI is InChI=1S/C32H30ClN3O7S2/c1-13(2)25(31(40)41)36-29(38)23-17-11-18(24(23)30(36)39)26-22(17)21(27-28(44-26)35-32(42)45-27)16-5-3-4-6-19(16)43-12-20(37)34-15-9-7-14(33)8-10-15/h3-10,13,17-18,21-26H,11-12H2,1-2H3,(H,34,37)(H,35,42)(H,40,41)/t17?,18?,21-,22?,23?,24?,25?,26?/m1/s1. The van der Waals surface area contributed by atoms with Gasteiger partial charge in [-0.3, -0.25) is 24.1 Å². The third-order valence-electron chi connectivity index (χ3n) is 9.66. The number of fused-ring (bicyclic) bond motifs is 9. The summed E-state index contributed by atoms with van der Waals surface area (Å²) in [5, 5.41) is 14.0. The average molecular weight is 668 g/mol. The molecule has 234 valence electrons. The van der Waals surface area contributed by atoms with Gasteiger partial charge in [-0.2, -0.15) is 0 Å². The lowest BCUT2D eigenvalue weighted by Gasteiger charge is -2.43. The number of aromatic nitrogens is 1. The Labute approximate surface area is 271 Å². The van der Waals surface area contributed by atoms with E-state index in [0.29, 0.717) is 22.9 Å². The van der Waals surface area contributed by atoms with Gasteiger partial charge in [0.05, 0.1) is 16.9 Å². The van der Waals surface area contributed by atoms with E-state index in [1.54, 1.807) is 55.9 Å². The van der Waals surface area contributed by atoms with Crippen molar-refractivity contribution in [2.75, 3.05) is 11.9 Å². The summed E-state index contributed by atoms with van der Waals surface area (Å²) in [6.07, 6.45) is 0.671. The molecule has 2 aliphatic heterocycles. The largest absolute Gasteiger partial charge is 0.483 e. The van der Waals surface area contributed by atoms with Crippen LogP contribution in [0, 0.1) is 35.5 Å². The van der Waals surface area contributed by atoms with E-state index in [0.717, 1.165) is 31.7 Å². The van der Waals surface area contributed by atoms with Crippen LogP contribution in [0.3, 0.4) is 0 Å². The van der Waals surface area contributed by atoms with Gasteiger partial charge < -0.3 is 20.1 Å². The monoisotopic (exact) mass is 667 g/mol. The van der Waals surface area contributed by atoms with Gasteiger partial charge in [0.1, 0.15) is 11.8 Å². The zero-order valence-corrected chi connectivity index (χ0v) is 26.7. The fraction of sp³-hybridized carbons (Fsp3) is 0.406. The summed E-state index contributed by atoms with van der Waals surface area (Å²) >= 11 is 8.63. The second-order valence-corrected chi connectivity index (χ2v) is 15.1. The van der Waals surface area contributed by atoms with Crippen molar-refractivity contribution in [2.24, 2.45) is 35.5 Å². The Bertz CT molecular complexity index is 1770. The number of aliphatic carboxylic acids is 1. The van der Waals surface area contributed by atoms with Gasteiger partial charge in [-0.1, -0.05) is 55.0 Å². The van der Waals surface area contributed by atoms with Crippen LogP contribution in [0.2, 0.25) is 5.02 Å². The molecule has 45 heavy (non-hydrogen) atoms. The Morgan fingerprint density at radius 2 is 1.76 bits per heavy atom. The summed E-state index contributed by atoms with van der Waals surface area (Å²) in [4.78, 5) is 70.0. The fourth-order valence-electron chi connectivity index (χ4n) is 8.10. The molecule has 3 fully saturated rings. The highest BCUT2D eigenvalue weighted by atomic mass is 35.5. The van der Waals surface area contributed by atoms with Crippen LogP contribution >= 0.6 is 34.7 Å². The number of likely N-dealkylation sites (tertiary alicyclic amines) is 1. The normalized spacial score (nSPS) is 28.5. The number of carboxylic acids is 1. The molecule has 7 unspecified atom stereocenters. The average Bonchev–Trinajstić information content (AvgIpc) is 3.73. The van der Waals surface area contributed by atoms with Crippen LogP contribution in [0.15, 0.2) is 58.4 Å². The predicted molar refractivity (Wildman–Crippen MR) is 169 cm³/mol. The van der Waals surface area contributed by atoms with Crippen molar-refractivity contribution in [3.63, 3.8) is 0 Å². The zero-order valence-electron chi connectivity index (χ0n) is 24.3. The van der Waals surface area contributed by atoms with Gasteiger partial charge in [-0.15, -0.1) is 11.8 Å².